The standard InChI is InChI=1S/C16H16FN3O5S/c17-13-3-1-2-12(10-13)11-16(21)18-8-9-19-26(24,25)15-6-4-14(5-7-15)20(22)23/h1-7,10,19H,8-9,11H2,(H,18,21). The van der Waals surface area contributed by atoms with Crippen LogP contribution in [-0.4, -0.2) is 32.3 Å². The summed E-state index contributed by atoms with van der Waals surface area (Å²) in [5.41, 5.74) is 0.294. The fraction of sp³-hybridized carbons (Fsp3) is 0.188. The molecule has 0 aliphatic heterocycles. The molecule has 0 heterocycles. The van der Waals surface area contributed by atoms with E-state index in [0.717, 1.165) is 24.3 Å². The molecule has 0 atom stereocenters. The van der Waals surface area contributed by atoms with E-state index in [4.69, 9.17) is 0 Å². The summed E-state index contributed by atoms with van der Waals surface area (Å²) in [6, 6.07) is 10.1. The van der Waals surface area contributed by atoms with Crippen molar-refractivity contribution in [2.75, 3.05) is 13.1 Å². The Kier molecular flexibility index (Phi) is 6.36. The van der Waals surface area contributed by atoms with Crippen molar-refractivity contribution in [1.29, 1.82) is 0 Å². The van der Waals surface area contributed by atoms with Crippen molar-refractivity contribution in [1.82, 2.24) is 10.0 Å². The van der Waals surface area contributed by atoms with E-state index in [1.165, 1.54) is 18.2 Å². The summed E-state index contributed by atoms with van der Waals surface area (Å²) in [4.78, 5) is 21.6. The number of nitrogens with one attached hydrogen (secondary N) is 2. The Balaban J connectivity index is 1.81. The molecule has 0 bridgehead atoms. The highest BCUT2D eigenvalue weighted by Crippen LogP contribution is 2.15. The highest BCUT2D eigenvalue weighted by molar-refractivity contribution is 7.89. The van der Waals surface area contributed by atoms with Crippen molar-refractivity contribution in [2.45, 2.75) is 11.3 Å². The van der Waals surface area contributed by atoms with Gasteiger partial charge in [0.15, 0.2) is 0 Å². The Morgan fingerprint density at radius 3 is 2.42 bits per heavy atom. The lowest BCUT2D eigenvalue weighted by Gasteiger charge is -2.08. The van der Waals surface area contributed by atoms with E-state index in [2.05, 4.69) is 10.0 Å². The molecule has 0 fully saturated rings. The number of non-ortho nitro benzene ring substituents is 1. The van der Waals surface area contributed by atoms with Gasteiger partial charge >= 0.3 is 0 Å². The Morgan fingerprint density at radius 1 is 1.12 bits per heavy atom. The number of sulfonamides is 1. The monoisotopic (exact) mass is 381 g/mol. The number of benzene rings is 2. The van der Waals surface area contributed by atoms with E-state index in [1.54, 1.807) is 6.07 Å². The molecule has 0 radical (unpaired) electrons. The summed E-state index contributed by atoms with van der Waals surface area (Å²) in [6.07, 6.45) is -0.0210. The third kappa shape index (κ3) is 5.60. The van der Waals surface area contributed by atoms with Gasteiger partial charge < -0.3 is 5.32 Å². The van der Waals surface area contributed by atoms with Crippen LogP contribution in [0.4, 0.5) is 10.1 Å². The maximum Gasteiger partial charge on any atom is 0.269 e. The molecule has 8 nitrogen and oxygen atoms in total. The maximum atomic E-state index is 13.0. The van der Waals surface area contributed by atoms with Gasteiger partial charge in [-0.25, -0.2) is 17.5 Å². The van der Waals surface area contributed by atoms with Gasteiger partial charge in [-0.1, -0.05) is 12.1 Å². The second-order valence-corrected chi connectivity index (χ2v) is 7.07. The number of halogens is 1. The average molecular weight is 381 g/mol. The summed E-state index contributed by atoms with van der Waals surface area (Å²) in [5, 5.41) is 13.1. The molecule has 0 saturated carbocycles. The number of rotatable bonds is 8. The van der Waals surface area contributed by atoms with Crippen molar-refractivity contribution >= 4 is 21.6 Å². The SMILES string of the molecule is O=C(Cc1cccc(F)c1)NCCNS(=O)(=O)c1ccc([N+](=O)[O-])cc1. The van der Waals surface area contributed by atoms with Crippen LogP contribution in [0.2, 0.25) is 0 Å². The van der Waals surface area contributed by atoms with Crippen LogP contribution >= 0.6 is 0 Å². The Bertz CT molecular complexity index is 900. The Hall–Kier alpha value is -2.85. The van der Waals surface area contributed by atoms with Gasteiger partial charge in [0.05, 0.1) is 16.2 Å². The number of amides is 1. The highest BCUT2D eigenvalue weighted by Gasteiger charge is 2.15. The zero-order valence-corrected chi connectivity index (χ0v) is 14.3. The first-order valence-electron chi connectivity index (χ1n) is 7.53. The van der Waals surface area contributed by atoms with Crippen LogP contribution < -0.4 is 10.0 Å². The number of carbonyl (C=O) groups is 1. The lowest BCUT2D eigenvalue weighted by atomic mass is 10.1. The first kappa shape index (κ1) is 19.5. The van der Waals surface area contributed by atoms with E-state index < -0.39 is 20.8 Å². The summed E-state index contributed by atoms with van der Waals surface area (Å²) in [7, 11) is -3.84. The molecule has 0 unspecified atom stereocenters. The smallest absolute Gasteiger partial charge is 0.269 e. The zero-order chi connectivity index (χ0) is 19.2. The number of carbonyl (C=O) groups excluding carboxylic acids is 1. The lowest BCUT2D eigenvalue weighted by molar-refractivity contribution is -0.384. The Labute approximate surface area is 149 Å². The minimum atomic E-state index is -3.84. The quantitative estimate of drug-likeness (QED) is 0.407. The molecular formula is C16H16FN3O5S. The molecule has 0 aliphatic carbocycles. The second kappa shape index (κ2) is 8.50. The molecule has 138 valence electrons. The van der Waals surface area contributed by atoms with Crippen LogP contribution in [0.5, 0.6) is 0 Å². The predicted molar refractivity (Wildman–Crippen MR) is 91.4 cm³/mol. The molecule has 0 aromatic heterocycles. The predicted octanol–water partition coefficient (Wildman–Crippen LogP) is 1.37. The van der Waals surface area contributed by atoms with Crippen molar-refractivity contribution in [3.8, 4) is 0 Å². The second-order valence-electron chi connectivity index (χ2n) is 5.31. The van der Waals surface area contributed by atoms with E-state index in [9.17, 15) is 27.7 Å². The fourth-order valence-electron chi connectivity index (χ4n) is 2.11. The highest BCUT2D eigenvalue weighted by atomic mass is 32.2. The van der Waals surface area contributed by atoms with Gasteiger partial charge in [-0.15, -0.1) is 0 Å². The summed E-state index contributed by atoms with van der Waals surface area (Å²) in [6.45, 7) is -0.0193. The molecule has 2 N–H and O–H groups in total. The van der Waals surface area contributed by atoms with Gasteiger partial charge in [0.1, 0.15) is 5.82 Å². The largest absolute Gasteiger partial charge is 0.355 e. The first-order valence-corrected chi connectivity index (χ1v) is 9.01. The van der Waals surface area contributed by atoms with E-state index in [0.29, 0.717) is 5.56 Å². The zero-order valence-electron chi connectivity index (χ0n) is 13.5. The third-order valence-corrected chi connectivity index (χ3v) is 4.83. The number of hydrogen-bond acceptors (Lipinski definition) is 5. The number of nitro groups is 1. The molecule has 2 aromatic carbocycles. The first-order chi connectivity index (χ1) is 12.3. The van der Waals surface area contributed by atoms with Crippen LogP contribution in [0.1, 0.15) is 5.56 Å². The maximum absolute atomic E-state index is 13.0. The number of nitro benzene ring substituents is 1. The molecule has 26 heavy (non-hydrogen) atoms. The van der Waals surface area contributed by atoms with Crippen molar-refractivity contribution in [2.24, 2.45) is 0 Å². The molecule has 2 rings (SSSR count). The summed E-state index contributed by atoms with van der Waals surface area (Å²) >= 11 is 0. The van der Waals surface area contributed by atoms with Gasteiger partial charge in [0.25, 0.3) is 5.69 Å². The minimum absolute atomic E-state index is 0.0210. The molecule has 0 spiro atoms. The van der Waals surface area contributed by atoms with Crippen molar-refractivity contribution in [3.63, 3.8) is 0 Å². The van der Waals surface area contributed by atoms with Crippen LogP contribution in [0, 0.1) is 15.9 Å². The van der Waals surface area contributed by atoms with Crippen LogP contribution in [0.25, 0.3) is 0 Å². The number of nitrogens with zero attached hydrogens (tertiary/aromatic N) is 1. The van der Waals surface area contributed by atoms with Gasteiger partial charge in [0, 0.05) is 25.2 Å². The van der Waals surface area contributed by atoms with E-state index in [-0.39, 0.29) is 36.0 Å². The van der Waals surface area contributed by atoms with Gasteiger partial charge in [-0.3, -0.25) is 14.9 Å². The minimum Gasteiger partial charge on any atom is -0.355 e. The molecule has 10 heteroatoms. The van der Waals surface area contributed by atoms with Gasteiger partial charge in [-0.05, 0) is 29.8 Å². The number of hydrogen-bond donors (Lipinski definition) is 2. The van der Waals surface area contributed by atoms with E-state index >= 15 is 0 Å². The Morgan fingerprint density at radius 2 is 1.81 bits per heavy atom. The summed E-state index contributed by atoms with van der Waals surface area (Å²) in [5.74, 6) is -0.809. The molecule has 1 amide bonds. The normalized spacial score (nSPS) is 11.1. The van der Waals surface area contributed by atoms with Crippen molar-refractivity contribution in [3.05, 3.63) is 70.0 Å². The molecule has 0 saturated heterocycles. The fourth-order valence-corrected chi connectivity index (χ4v) is 3.14. The lowest BCUT2D eigenvalue weighted by Crippen LogP contribution is -2.35. The van der Waals surface area contributed by atoms with Gasteiger partial charge in [-0.2, -0.15) is 0 Å². The summed E-state index contributed by atoms with van der Waals surface area (Å²) < 4.78 is 39.4. The topological polar surface area (TPSA) is 118 Å². The van der Waals surface area contributed by atoms with Crippen LogP contribution in [-0.2, 0) is 21.2 Å². The van der Waals surface area contributed by atoms with Crippen molar-refractivity contribution < 1.29 is 22.5 Å². The molecule has 0 aliphatic rings. The van der Waals surface area contributed by atoms with Crippen LogP contribution in [0.3, 0.4) is 0 Å². The third-order valence-electron chi connectivity index (χ3n) is 3.35. The average Bonchev–Trinajstić information content (AvgIpc) is 2.59. The van der Waals surface area contributed by atoms with E-state index in [1.807, 2.05) is 0 Å². The molecular weight excluding hydrogens is 365 g/mol. The molecule has 2 aromatic rings. The van der Waals surface area contributed by atoms with Crippen LogP contribution in [0.15, 0.2) is 53.4 Å². The van der Waals surface area contributed by atoms with Gasteiger partial charge in [0.2, 0.25) is 15.9 Å².